The Morgan fingerprint density at radius 1 is 1.35 bits per heavy atom. The first-order valence-electron chi connectivity index (χ1n) is 7.98. The van der Waals surface area contributed by atoms with Gasteiger partial charge in [-0.05, 0) is 18.2 Å². The topological polar surface area (TPSA) is 85.3 Å². The number of thioether (sulfide) groups is 1. The van der Waals surface area contributed by atoms with Crippen LogP contribution in [0.2, 0.25) is 0 Å². The van der Waals surface area contributed by atoms with Gasteiger partial charge in [0.25, 0.3) is 5.91 Å². The smallest absolute Gasteiger partial charge is 0.279 e. The summed E-state index contributed by atoms with van der Waals surface area (Å²) >= 11 is 1.34. The number of aliphatic imine (C=N–C) groups is 1. The van der Waals surface area contributed by atoms with Gasteiger partial charge in [0, 0.05) is 17.4 Å². The van der Waals surface area contributed by atoms with Gasteiger partial charge in [-0.2, -0.15) is 4.99 Å². The van der Waals surface area contributed by atoms with E-state index >= 15 is 0 Å². The van der Waals surface area contributed by atoms with Gasteiger partial charge in [0.05, 0.1) is 31.8 Å². The summed E-state index contributed by atoms with van der Waals surface area (Å²) in [5, 5.41) is 0.437. The maximum Gasteiger partial charge on any atom is 0.279 e. The van der Waals surface area contributed by atoms with Crippen molar-refractivity contribution in [1.29, 1.82) is 0 Å². The fourth-order valence-corrected chi connectivity index (χ4v) is 7.07. The van der Waals surface area contributed by atoms with E-state index in [-0.39, 0.29) is 22.8 Å². The maximum absolute atomic E-state index is 12.6. The molecule has 0 aromatic heterocycles. The second kappa shape index (κ2) is 7.32. The summed E-state index contributed by atoms with van der Waals surface area (Å²) in [5.74, 6) is 0.760. The number of benzene rings is 1. The average Bonchev–Trinajstić information content (AvgIpc) is 3.06. The summed E-state index contributed by atoms with van der Waals surface area (Å²) in [6, 6.07) is 4.68. The molecule has 1 aromatic rings. The van der Waals surface area contributed by atoms with E-state index < -0.39 is 15.7 Å². The average molecular weight is 396 g/mol. The van der Waals surface area contributed by atoms with Crippen LogP contribution >= 0.6 is 11.8 Å². The van der Waals surface area contributed by atoms with Crippen LogP contribution < -0.4 is 9.47 Å². The van der Waals surface area contributed by atoms with Crippen molar-refractivity contribution < 1.29 is 22.7 Å². The highest BCUT2D eigenvalue weighted by Crippen LogP contribution is 2.38. The minimum absolute atomic E-state index is 0.0854. The molecule has 2 atom stereocenters. The minimum atomic E-state index is -3.04. The lowest BCUT2D eigenvalue weighted by atomic mass is 10.2. The number of methoxy groups -OCH3 is 2. The van der Waals surface area contributed by atoms with E-state index in [1.807, 2.05) is 4.90 Å². The van der Waals surface area contributed by atoms with E-state index in [2.05, 4.69) is 11.6 Å². The fourth-order valence-electron chi connectivity index (χ4n) is 3.11. The molecule has 0 radical (unpaired) electrons. The molecule has 9 heteroatoms. The van der Waals surface area contributed by atoms with Crippen LogP contribution in [0.3, 0.4) is 0 Å². The standard InChI is InChI=1S/C17H20N2O5S2/c1-4-7-19-12-9-26(21,22)10-15(12)25-17(19)18-16(20)11-5-6-13(23-2)14(8-11)24-3/h4-6,8,12,15H,1,7,9-10H2,2-3H3/t12-,15+/m1/s1. The third-order valence-electron chi connectivity index (χ3n) is 4.33. The molecular weight excluding hydrogens is 376 g/mol. The van der Waals surface area contributed by atoms with Gasteiger partial charge >= 0.3 is 0 Å². The SMILES string of the molecule is C=CCN1C(=NC(=O)c2ccc(OC)c(OC)c2)S[C@H]2CS(=O)(=O)C[C@H]21. The van der Waals surface area contributed by atoms with E-state index in [0.717, 1.165) is 0 Å². The van der Waals surface area contributed by atoms with Crippen LogP contribution in [0.5, 0.6) is 11.5 Å². The minimum Gasteiger partial charge on any atom is -0.493 e. The lowest BCUT2D eigenvalue weighted by molar-refractivity contribution is 0.100. The molecule has 0 unspecified atom stereocenters. The Kier molecular flexibility index (Phi) is 5.29. The number of carbonyl (C=O) groups is 1. The van der Waals surface area contributed by atoms with Gasteiger partial charge < -0.3 is 14.4 Å². The number of rotatable bonds is 5. The van der Waals surface area contributed by atoms with Crippen molar-refractivity contribution in [1.82, 2.24) is 4.90 Å². The maximum atomic E-state index is 12.6. The summed E-state index contributed by atoms with van der Waals surface area (Å²) < 4.78 is 34.1. The second-order valence-corrected chi connectivity index (χ2v) is 9.37. The largest absolute Gasteiger partial charge is 0.493 e. The van der Waals surface area contributed by atoms with Crippen molar-refractivity contribution in [2.75, 3.05) is 32.3 Å². The van der Waals surface area contributed by atoms with Crippen LogP contribution in [-0.4, -0.2) is 68.0 Å². The first-order chi connectivity index (χ1) is 12.4. The Bertz CT molecular complexity index is 866. The van der Waals surface area contributed by atoms with Gasteiger partial charge in [-0.25, -0.2) is 8.42 Å². The summed E-state index contributed by atoms with van der Waals surface area (Å²) in [6.07, 6.45) is 1.68. The zero-order chi connectivity index (χ0) is 18.9. The number of amidine groups is 1. The molecule has 0 bridgehead atoms. The fraction of sp³-hybridized carbons (Fsp3) is 0.412. The van der Waals surface area contributed by atoms with Gasteiger partial charge in [-0.1, -0.05) is 17.8 Å². The molecule has 0 aliphatic carbocycles. The van der Waals surface area contributed by atoms with Crippen molar-refractivity contribution in [3.05, 3.63) is 36.4 Å². The highest BCUT2D eigenvalue weighted by molar-refractivity contribution is 8.15. The predicted octanol–water partition coefficient (Wildman–Crippen LogP) is 1.60. The van der Waals surface area contributed by atoms with Crippen LogP contribution in [0.1, 0.15) is 10.4 Å². The Balaban J connectivity index is 1.87. The van der Waals surface area contributed by atoms with Gasteiger partial charge in [0.15, 0.2) is 26.5 Å². The summed E-state index contributed by atoms with van der Waals surface area (Å²) in [6.45, 7) is 4.16. The molecule has 140 valence electrons. The molecule has 1 amide bonds. The number of hydrogen-bond donors (Lipinski definition) is 0. The van der Waals surface area contributed by atoms with Gasteiger partial charge in [-0.15, -0.1) is 6.58 Å². The highest BCUT2D eigenvalue weighted by atomic mass is 32.2. The normalized spacial score (nSPS) is 25.2. The number of hydrogen-bond acceptors (Lipinski definition) is 6. The van der Waals surface area contributed by atoms with E-state index in [9.17, 15) is 13.2 Å². The second-order valence-electron chi connectivity index (χ2n) is 6.01. The van der Waals surface area contributed by atoms with Gasteiger partial charge in [0.2, 0.25) is 0 Å². The van der Waals surface area contributed by atoms with Crippen molar-refractivity contribution >= 4 is 32.7 Å². The third kappa shape index (κ3) is 3.59. The highest BCUT2D eigenvalue weighted by Gasteiger charge is 2.48. The van der Waals surface area contributed by atoms with Crippen LogP contribution in [0, 0.1) is 0 Å². The van der Waals surface area contributed by atoms with Crippen molar-refractivity contribution in [3.8, 4) is 11.5 Å². The van der Waals surface area contributed by atoms with Gasteiger partial charge in [0.1, 0.15) is 0 Å². The lowest BCUT2D eigenvalue weighted by Gasteiger charge is -2.22. The molecule has 26 heavy (non-hydrogen) atoms. The Labute approximate surface area is 157 Å². The zero-order valence-corrected chi connectivity index (χ0v) is 16.2. The molecule has 2 fully saturated rings. The molecule has 0 N–H and O–H groups in total. The van der Waals surface area contributed by atoms with Crippen LogP contribution in [0.15, 0.2) is 35.8 Å². The van der Waals surface area contributed by atoms with Gasteiger partial charge in [-0.3, -0.25) is 4.79 Å². The number of sulfone groups is 1. The van der Waals surface area contributed by atoms with E-state index in [0.29, 0.717) is 28.8 Å². The van der Waals surface area contributed by atoms with E-state index in [4.69, 9.17) is 9.47 Å². The number of amides is 1. The molecule has 2 aliphatic heterocycles. The number of carbonyl (C=O) groups excluding carboxylic acids is 1. The molecule has 3 rings (SSSR count). The molecule has 1 aromatic carbocycles. The molecule has 0 spiro atoms. The van der Waals surface area contributed by atoms with Crippen molar-refractivity contribution in [3.63, 3.8) is 0 Å². The predicted molar refractivity (Wildman–Crippen MR) is 102 cm³/mol. The summed E-state index contributed by atoms with van der Waals surface area (Å²) in [7, 11) is -0.0238. The quantitative estimate of drug-likeness (QED) is 0.699. The molecule has 2 heterocycles. The van der Waals surface area contributed by atoms with E-state index in [1.165, 1.54) is 26.0 Å². The molecule has 2 aliphatic rings. The van der Waals surface area contributed by atoms with Crippen LogP contribution in [0.4, 0.5) is 0 Å². The summed E-state index contributed by atoms with van der Waals surface area (Å²) in [4.78, 5) is 18.7. The molecule has 2 saturated heterocycles. The Hall–Kier alpha value is -2.00. The summed E-state index contributed by atoms with van der Waals surface area (Å²) in [5.41, 5.74) is 0.374. The first kappa shape index (κ1) is 18.8. The monoisotopic (exact) mass is 396 g/mol. The lowest BCUT2D eigenvalue weighted by Crippen LogP contribution is -2.37. The molecule has 7 nitrogen and oxygen atoms in total. The third-order valence-corrected chi connectivity index (χ3v) is 7.58. The number of nitrogens with zero attached hydrogens (tertiary/aromatic N) is 2. The molecular formula is C17H20N2O5S2. The molecule has 0 saturated carbocycles. The van der Waals surface area contributed by atoms with E-state index in [1.54, 1.807) is 24.3 Å². The van der Waals surface area contributed by atoms with Crippen LogP contribution in [-0.2, 0) is 9.84 Å². The van der Waals surface area contributed by atoms with Crippen molar-refractivity contribution in [2.24, 2.45) is 4.99 Å². The Morgan fingerprint density at radius 3 is 2.73 bits per heavy atom. The number of fused-ring (bicyclic) bond motifs is 1. The Morgan fingerprint density at radius 2 is 2.08 bits per heavy atom. The number of ether oxygens (including phenoxy) is 2. The van der Waals surface area contributed by atoms with Crippen molar-refractivity contribution in [2.45, 2.75) is 11.3 Å². The zero-order valence-electron chi connectivity index (χ0n) is 14.5. The van der Waals surface area contributed by atoms with Crippen LogP contribution in [0.25, 0.3) is 0 Å². The first-order valence-corrected chi connectivity index (χ1v) is 10.7.